The quantitative estimate of drug-likeness (QED) is 0.697. The largest absolute Gasteiger partial charge is 0.496 e. The molecule has 0 unspecified atom stereocenters. The number of para-hydroxylation sites is 1. The average Bonchev–Trinajstić information content (AvgIpc) is 2.74. The van der Waals surface area contributed by atoms with Gasteiger partial charge in [0.2, 0.25) is 15.9 Å². The van der Waals surface area contributed by atoms with Gasteiger partial charge in [0, 0.05) is 25.6 Å². The minimum absolute atomic E-state index is 0.124. The number of carbonyl (C=O) groups excluding carboxylic acids is 1. The lowest BCUT2D eigenvalue weighted by atomic mass is 10.0. The standard InChI is InChI=1S/C23H30N2O4S/c1-18-10-12-21(13-11-18)30(27,28)25-16-6-5-8-20(25)17-23(26)24-15-14-19-7-3-4-9-22(19)29-2/h3-4,7,9-13,20H,5-6,8,14-17H2,1-2H3,(H,24,26)/t20-/m0/s1. The number of sulfonamides is 1. The molecule has 6 nitrogen and oxygen atoms in total. The van der Waals surface area contributed by atoms with Gasteiger partial charge < -0.3 is 10.1 Å². The van der Waals surface area contributed by atoms with Crippen LogP contribution in [0.25, 0.3) is 0 Å². The van der Waals surface area contributed by atoms with Gasteiger partial charge in [-0.05, 0) is 49.9 Å². The Morgan fingerprint density at radius 1 is 1.13 bits per heavy atom. The van der Waals surface area contributed by atoms with Crippen LogP contribution in [0.2, 0.25) is 0 Å². The van der Waals surface area contributed by atoms with E-state index in [2.05, 4.69) is 5.32 Å². The fourth-order valence-electron chi connectivity index (χ4n) is 3.87. The number of piperidine rings is 1. The van der Waals surface area contributed by atoms with Crippen LogP contribution in [-0.2, 0) is 21.2 Å². The van der Waals surface area contributed by atoms with Gasteiger partial charge >= 0.3 is 0 Å². The third-order valence-electron chi connectivity index (χ3n) is 5.53. The molecule has 1 fully saturated rings. The summed E-state index contributed by atoms with van der Waals surface area (Å²) < 4.78 is 33.1. The van der Waals surface area contributed by atoms with Crippen LogP contribution in [0.15, 0.2) is 53.4 Å². The van der Waals surface area contributed by atoms with Crippen LogP contribution in [0.3, 0.4) is 0 Å². The summed E-state index contributed by atoms with van der Waals surface area (Å²) in [6, 6.07) is 14.3. The van der Waals surface area contributed by atoms with E-state index in [1.165, 1.54) is 4.31 Å². The topological polar surface area (TPSA) is 75.7 Å². The van der Waals surface area contributed by atoms with E-state index >= 15 is 0 Å². The second-order valence-corrected chi connectivity index (χ2v) is 9.58. The lowest BCUT2D eigenvalue weighted by molar-refractivity contribution is -0.122. The molecule has 1 saturated heterocycles. The summed E-state index contributed by atoms with van der Waals surface area (Å²) in [7, 11) is -1.98. The Morgan fingerprint density at radius 3 is 2.60 bits per heavy atom. The number of hydrogen-bond acceptors (Lipinski definition) is 4. The van der Waals surface area contributed by atoms with Crippen LogP contribution < -0.4 is 10.1 Å². The second kappa shape index (κ2) is 10.1. The molecule has 7 heteroatoms. The van der Waals surface area contributed by atoms with Gasteiger partial charge in [0.05, 0.1) is 12.0 Å². The van der Waals surface area contributed by atoms with E-state index in [0.29, 0.717) is 25.9 Å². The molecule has 0 aliphatic carbocycles. The van der Waals surface area contributed by atoms with Gasteiger partial charge in [0.25, 0.3) is 0 Å². The molecular weight excluding hydrogens is 400 g/mol. The number of nitrogens with zero attached hydrogens (tertiary/aromatic N) is 1. The van der Waals surface area contributed by atoms with Crippen molar-refractivity contribution in [3.8, 4) is 5.75 Å². The molecule has 30 heavy (non-hydrogen) atoms. The molecule has 162 valence electrons. The molecule has 1 aliphatic rings. The number of rotatable bonds is 8. The van der Waals surface area contributed by atoms with Crippen molar-refractivity contribution in [2.75, 3.05) is 20.2 Å². The molecule has 2 aromatic carbocycles. The molecule has 0 bridgehead atoms. The zero-order valence-corrected chi connectivity index (χ0v) is 18.5. The van der Waals surface area contributed by atoms with Crippen LogP contribution in [0.5, 0.6) is 5.75 Å². The highest BCUT2D eigenvalue weighted by Gasteiger charge is 2.34. The molecule has 2 aromatic rings. The van der Waals surface area contributed by atoms with Gasteiger partial charge in [0.15, 0.2) is 0 Å². The second-order valence-electron chi connectivity index (χ2n) is 7.69. The van der Waals surface area contributed by atoms with Crippen molar-refractivity contribution >= 4 is 15.9 Å². The van der Waals surface area contributed by atoms with E-state index in [-0.39, 0.29) is 23.3 Å². The van der Waals surface area contributed by atoms with Crippen molar-refractivity contribution in [1.29, 1.82) is 0 Å². The van der Waals surface area contributed by atoms with Crippen molar-refractivity contribution in [1.82, 2.24) is 9.62 Å². The van der Waals surface area contributed by atoms with Gasteiger partial charge in [-0.15, -0.1) is 0 Å². The summed E-state index contributed by atoms with van der Waals surface area (Å²) in [5.41, 5.74) is 2.04. The molecule has 0 aromatic heterocycles. The highest BCUT2D eigenvalue weighted by molar-refractivity contribution is 7.89. The summed E-state index contributed by atoms with van der Waals surface area (Å²) >= 11 is 0. The molecule has 1 atom stereocenters. The fourth-order valence-corrected chi connectivity index (χ4v) is 5.57. The number of nitrogens with one attached hydrogen (secondary N) is 1. The predicted molar refractivity (Wildman–Crippen MR) is 117 cm³/mol. The molecule has 0 spiro atoms. The summed E-state index contributed by atoms with van der Waals surface area (Å²) in [6.07, 6.45) is 3.28. The van der Waals surface area contributed by atoms with Crippen LogP contribution in [-0.4, -0.2) is 44.9 Å². The average molecular weight is 431 g/mol. The maximum absolute atomic E-state index is 13.1. The first-order chi connectivity index (χ1) is 14.4. The number of aryl methyl sites for hydroxylation is 1. The molecule has 1 aliphatic heterocycles. The SMILES string of the molecule is COc1ccccc1CCNC(=O)C[C@@H]1CCCCN1S(=O)(=O)c1ccc(C)cc1. The normalized spacial score (nSPS) is 17.5. The van der Waals surface area contributed by atoms with Crippen LogP contribution in [0, 0.1) is 6.92 Å². The molecular formula is C23H30N2O4S. The predicted octanol–water partition coefficient (Wildman–Crippen LogP) is 3.30. The van der Waals surface area contributed by atoms with Crippen LogP contribution in [0.1, 0.15) is 36.8 Å². The van der Waals surface area contributed by atoms with Crippen molar-refractivity contribution in [2.45, 2.75) is 50.0 Å². The number of amides is 1. The third-order valence-corrected chi connectivity index (χ3v) is 7.50. The van der Waals surface area contributed by atoms with Gasteiger partial charge in [-0.3, -0.25) is 4.79 Å². The molecule has 1 N–H and O–H groups in total. The first-order valence-electron chi connectivity index (χ1n) is 10.4. The maximum Gasteiger partial charge on any atom is 0.243 e. The fraction of sp³-hybridized carbons (Fsp3) is 0.435. The highest BCUT2D eigenvalue weighted by Crippen LogP contribution is 2.27. The van der Waals surface area contributed by atoms with Crippen molar-refractivity contribution in [2.24, 2.45) is 0 Å². The Kier molecular flexibility index (Phi) is 7.50. The lowest BCUT2D eigenvalue weighted by Crippen LogP contribution is -2.46. The van der Waals surface area contributed by atoms with Crippen LogP contribution >= 0.6 is 0 Å². The Morgan fingerprint density at radius 2 is 1.87 bits per heavy atom. The Labute approximate surface area is 179 Å². The van der Waals surface area contributed by atoms with Crippen molar-refractivity contribution in [3.63, 3.8) is 0 Å². The van der Waals surface area contributed by atoms with Crippen LogP contribution in [0.4, 0.5) is 0 Å². The van der Waals surface area contributed by atoms with E-state index in [1.807, 2.05) is 31.2 Å². The van der Waals surface area contributed by atoms with E-state index in [4.69, 9.17) is 4.74 Å². The first kappa shape index (κ1) is 22.3. The Hall–Kier alpha value is -2.38. The summed E-state index contributed by atoms with van der Waals surface area (Å²) in [5, 5.41) is 2.93. The monoisotopic (exact) mass is 430 g/mol. The van der Waals surface area contributed by atoms with Gasteiger partial charge in [-0.1, -0.05) is 42.3 Å². The Bertz CT molecular complexity index is 957. The zero-order valence-electron chi connectivity index (χ0n) is 17.6. The van der Waals surface area contributed by atoms with E-state index in [9.17, 15) is 13.2 Å². The summed E-state index contributed by atoms with van der Waals surface area (Å²) in [5.74, 6) is 0.676. The summed E-state index contributed by atoms with van der Waals surface area (Å²) in [6.45, 7) is 2.86. The number of carbonyl (C=O) groups is 1. The molecule has 1 amide bonds. The third kappa shape index (κ3) is 5.40. The molecule has 0 saturated carbocycles. The van der Waals surface area contributed by atoms with Crippen molar-refractivity contribution in [3.05, 3.63) is 59.7 Å². The van der Waals surface area contributed by atoms with E-state index < -0.39 is 10.0 Å². The first-order valence-corrected chi connectivity index (χ1v) is 11.8. The zero-order chi connectivity index (χ0) is 21.6. The number of ether oxygens (including phenoxy) is 1. The van der Waals surface area contributed by atoms with E-state index in [1.54, 1.807) is 31.4 Å². The molecule has 3 rings (SSSR count). The number of hydrogen-bond donors (Lipinski definition) is 1. The smallest absolute Gasteiger partial charge is 0.243 e. The highest BCUT2D eigenvalue weighted by atomic mass is 32.2. The molecule has 0 radical (unpaired) electrons. The number of methoxy groups -OCH3 is 1. The minimum atomic E-state index is -3.61. The van der Waals surface area contributed by atoms with Gasteiger partial charge in [0.1, 0.15) is 5.75 Å². The lowest BCUT2D eigenvalue weighted by Gasteiger charge is -2.34. The number of benzene rings is 2. The van der Waals surface area contributed by atoms with Gasteiger partial charge in [-0.25, -0.2) is 8.42 Å². The maximum atomic E-state index is 13.1. The van der Waals surface area contributed by atoms with E-state index in [0.717, 1.165) is 29.7 Å². The molecule has 1 heterocycles. The summed E-state index contributed by atoms with van der Waals surface area (Å²) in [4.78, 5) is 12.8. The minimum Gasteiger partial charge on any atom is -0.496 e. The Balaban J connectivity index is 1.61. The van der Waals surface area contributed by atoms with Gasteiger partial charge in [-0.2, -0.15) is 4.31 Å². The van der Waals surface area contributed by atoms with Crippen molar-refractivity contribution < 1.29 is 17.9 Å².